The molecular weight excluding hydrogens is 402 g/mol. The number of nitrogens with two attached hydrogens (primary N) is 1. The van der Waals surface area contributed by atoms with Gasteiger partial charge in [-0.25, -0.2) is 0 Å². The average Bonchev–Trinajstić information content (AvgIpc) is 2.75. The van der Waals surface area contributed by atoms with E-state index in [0.717, 1.165) is 41.9 Å². The molecule has 0 aliphatic carbocycles. The van der Waals surface area contributed by atoms with Crippen molar-refractivity contribution in [1.29, 1.82) is 0 Å². The molecule has 3 rings (SSSR count). The third-order valence-corrected chi connectivity index (χ3v) is 5.15. The molecule has 2 aromatic carbocycles. The predicted octanol–water partition coefficient (Wildman–Crippen LogP) is 2.74. The summed E-state index contributed by atoms with van der Waals surface area (Å²) in [6.45, 7) is 4.37. The monoisotopic (exact) mass is 431 g/mol. The number of rotatable bonds is 7. The Morgan fingerprint density at radius 3 is 2.53 bits per heavy atom. The van der Waals surface area contributed by atoms with Crippen LogP contribution in [0.4, 0.5) is 0 Å². The molecule has 7 heteroatoms. The molecule has 0 fully saturated rings. The average molecular weight is 432 g/mol. The van der Waals surface area contributed by atoms with Crippen LogP contribution in [0.3, 0.4) is 0 Å². The number of carbonyl (C=O) groups is 2. The van der Waals surface area contributed by atoms with E-state index in [0.29, 0.717) is 0 Å². The SMILES string of the molecule is CC(C)[C@H](N)C(=O)NCC(=O)NC(c1ccccc1)c1ccc2c(c1)CCCO2.Cl. The molecule has 4 N–H and O–H groups in total. The number of hydrogen-bond acceptors (Lipinski definition) is 4. The molecule has 0 bridgehead atoms. The maximum absolute atomic E-state index is 12.6. The smallest absolute Gasteiger partial charge is 0.240 e. The molecule has 0 radical (unpaired) electrons. The molecule has 162 valence electrons. The summed E-state index contributed by atoms with van der Waals surface area (Å²) < 4.78 is 5.70. The molecule has 0 spiro atoms. The zero-order chi connectivity index (χ0) is 20.8. The summed E-state index contributed by atoms with van der Waals surface area (Å²) >= 11 is 0. The van der Waals surface area contributed by atoms with E-state index in [-0.39, 0.29) is 42.7 Å². The highest BCUT2D eigenvalue weighted by atomic mass is 35.5. The van der Waals surface area contributed by atoms with E-state index in [4.69, 9.17) is 10.5 Å². The van der Waals surface area contributed by atoms with Crippen LogP contribution in [0.1, 0.15) is 43.0 Å². The molecule has 0 saturated carbocycles. The van der Waals surface area contributed by atoms with Crippen molar-refractivity contribution in [2.24, 2.45) is 11.7 Å². The third kappa shape index (κ3) is 5.97. The van der Waals surface area contributed by atoms with Gasteiger partial charge in [0.15, 0.2) is 0 Å². The van der Waals surface area contributed by atoms with Gasteiger partial charge in [-0.1, -0.05) is 50.2 Å². The second-order valence-corrected chi connectivity index (χ2v) is 7.72. The van der Waals surface area contributed by atoms with E-state index in [9.17, 15) is 9.59 Å². The highest BCUT2D eigenvalue weighted by molar-refractivity contribution is 5.87. The zero-order valence-corrected chi connectivity index (χ0v) is 18.2. The maximum Gasteiger partial charge on any atom is 0.240 e. The van der Waals surface area contributed by atoms with Gasteiger partial charge in [0.25, 0.3) is 0 Å². The van der Waals surface area contributed by atoms with Gasteiger partial charge in [-0.15, -0.1) is 12.4 Å². The summed E-state index contributed by atoms with van der Waals surface area (Å²) in [4.78, 5) is 24.6. The topological polar surface area (TPSA) is 93.5 Å². The van der Waals surface area contributed by atoms with Crippen molar-refractivity contribution >= 4 is 24.2 Å². The van der Waals surface area contributed by atoms with Gasteiger partial charge in [-0.3, -0.25) is 9.59 Å². The Balaban J connectivity index is 0.00000320. The van der Waals surface area contributed by atoms with Crippen LogP contribution in [0.15, 0.2) is 48.5 Å². The molecule has 1 aliphatic rings. The van der Waals surface area contributed by atoms with E-state index in [1.54, 1.807) is 0 Å². The second-order valence-electron chi connectivity index (χ2n) is 7.72. The van der Waals surface area contributed by atoms with Crippen LogP contribution in [-0.4, -0.2) is 31.0 Å². The van der Waals surface area contributed by atoms with Gasteiger partial charge in [0.1, 0.15) is 5.75 Å². The third-order valence-electron chi connectivity index (χ3n) is 5.15. The summed E-state index contributed by atoms with van der Waals surface area (Å²) in [5.41, 5.74) is 8.95. The Bertz CT molecular complexity index is 858. The highest BCUT2D eigenvalue weighted by Gasteiger charge is 2.21. The van der Waals surface area contributed by atoms with Crippen molar-refractivity contribution in [3.63, 3.8) is 0 Å². The molecule has 2 amide bonds. The lowest BCUT2D eigenvalue weighted by atomic mass is 9.95. The first kappa shape index (κ1) is 23.7. The normalized spacial score (nSPS) is 14.5. The summed E-state index contributed by atoms with van der Waals surface area (Å²) in [5, 5.41) is 5.67. The van der Waals surface area contributed by atoms with E-state index < -0.39 is 6.04 Å². The number of fused-ring (bicyclic) bond motifs is 1. The number of aryl methyl sites for hydroxylation is 1. The van der Waals surface area contributed by atoms with E-state index in [2.05, 4.69) is 16.7 Å². The number of halogens is 1. The lowest BCUT2D eigenvalue weighted by molar-refractivity contribution is -0.127. The number of amides is 2. The molecule has 2 aromatic rings. The molecule has 0 saturated heterocycles. The van der Waals surface area contributed by atoms with Crippen molar-refractivity contribution in [3.05, 3.63) is 65.2 Å². The van der Waals surface area contributed by atoms with Crippen LogP contribution in [0.5, 0.6) is 5.75 Å². The van der Waals surface area contributed by atoms with E-state index in [1.165, 1.54) is 0 Å². The predicted molar refractivity (Wildman–Crippen MR) is 120 cm³/mol. The number of benzene rings is 2. The second kappa shape index (κ2) is 11.0. The molecule has 1 aliphatic heterocycles. The molecular formula is C23H30ClN3O3. The van der Waals surface area contributed by atoms with Crippen LogP contribution >= 0.6 is 12.4 Å². The Kier molecular flexibility index (Phi) is 8.69. The minimum Gasteiger partial charge on any atom is -0.493 e. The van der Waals surface area contributed by atoms with Crippen LogP contribution in [0.25, 0.3) is 0 Å². The maximum atomic E-state index is 12.6. The number of hydrogen-bond donors (Lipinski definition) is 3. The summed E-state index contributed by atoms with van der Waals surface area (Å²) in [7, 11) is 0. The minimum atomic E-state index is -0.631. The Hall–Kier alpha value is -2.57. The van der Waals surface area contributed by atoms with Crippen molar-refractivity contribution in [2.75, 3.05) is 13.2 Å². The molecule has 6 nitrogen and oxygen atoms in total. The minimum absolute atomic E-state index is 0. The standard InChI is InChI=1S/C23H29N3O3.ClH/c1-15(2)21(24)23(28)25-14-20(27)26-22(16-7-4-3-5-8-16)18-10-11-19-17(13-18)9-6-12-29-19;/h3-5,7-8,10-11,13,15,21-22H,6,9,12,14,24H2,1-2H3,(H,25,28)(H,26,27);1H/t21-,22?;/m0./s1. The van der Waals surface area contributed by atoms with Gasteiger partial charge < -0.3 is 21.1 Å². The summed E-state index contributed by atoms with van der Waals surface area (Å²) in [5.74, 6) is 0.329. The van der Waals surface area contributed by atoms with Crippen molar-refractivity contribution < 1.29 is 14.3 Å². The van der Waals surface area contributed by atoms with Gasteiger partial charge in [-0.2, -0.15) is 0 Å². The van der Waals surface area contributed by atoms with E-state index >= 15 is 0 Å². The first-order chi connectivity index (χ1) is 14.0. The fraction of sp³-hybridized carbons (Fsp3) is 0.391. The zero-order valence-electron chi connectivity index (χ0n) is 17.4. The Morgan fingerprint density at radius 1 is 1.10 bits per heavy atom. The quantitative estimate of drug-likeness (QED) is 0.628. The van der Waals surface area contributed by atoms with Gasteiger partial charge >= 0.3 is 0 Å². The van der Waals surface area contributed by atoms with Crippen molar-refractivity contribution in [3.8, 4) is 5.75 Å². The first-order valence-corrected chi connectivity index (χ1v) is 10.1. The van der Waals surface area contributed by atoms with E-state index in [1.807, 2.05) is 56.3 Å². The molecule has 1 heterocycles. The fourth-order valence-corrected chi connectivity index (χ4v) is 3.36. The number of nitrogens with one attached hydrogen (secondary N) is 2. The number of ether oxygens (including phenoxy) is 1. The molecule has 1 unspecified atom stereocenters. The molecule has 2 atom stereocenters. The van der Waals surface area contributed by atoms with Gasteiger partial charge in [0.05, 0.1) is 25.2 Å². The fourth-order valence-electron chi connectivity index (χ4n) is 3.36. The van der Waals surface area contributed by atoms with Gasteiger partial charge in [0, 0.05) is 0 Å². The van der Waals surface area contributed by atoms with Crippen LogP contribution in [0.2, 0.25) is 0 Å². The van der Waals surface area contributed by atoms with Gasteiger partial charge in [-0.05, 0) is 47.6 Å². The highest BCUT2D eigenvalue weighted by Crippen LogP contribution is 2.30. The molecule has 0 aromatic heterocycles. The van der Waals surface area contributed by atoms with Crippen molar-refractivity contribution in [2.45, 2.75) is 38.8 Å². The molecule has 30 heavy (non-hydrogen) atoms. The van der Waals surface area contributed by atoms with Crippen LogP contribution in [0, 0.1) is 5.92 Å². The Morgan fingerprint density at radius 2 is 1.83 bits per heavy atom. The Labute approximate surface area is 184 Å². The summed E-state index contributed by atoms with van der Waals surface area (Å²) in [6, 6.07) is 14.9. The van der Waals surface area contributed by atoms with Crippen LogP contribution in [-0.2, 0) is 16.0 Å². The van der Waals surface area contributed by atoms with Crippen molar-refractivity contribution in [1.82, 2.24) is 10.6 Å². The lowest BCUT2D eigenvalue weighted by Crippen LogP contribution is -2.47. The lowest BCUT2D eigenvalue weighted by Gasteiger charge is -2.23. The van der Waals surface area contributed by atoms with Gasteiger partial charge in [0.2, 0.25) is 11.8 Å². The van der Waals surface area contributed by atoms with Crippen LogP contribution < -0.4 is 21.1 Å². The summed E-state index contributed by atoms with van der Waals surface area (Å²) in [6.07, 6.45) is 1.95. The largest absolute Gasteiger partial charge is 0.493 e. The number of carbonyl (C=O) groups excluding carboxylic acids is 2. The first-order valence-electron chi connectivity index (χ1n) is 10.1.